The summed E-state index contributed by atoms with van der Waals surface area (Å²) in [6, 6.07) is 19.0. The molecule has 0 radical (unpaired) electrons. The summed E-state index contributed by atoms with van der Waals surface area (Å²) in [4.78, 5) is 57.9. The molecule has 0 unspecified atom stereocenters. The molecular formula is C45H36ClF3N4O10. The molecule has 0 saturated heterocycles. The van der Waals surface area contributed by atoms with Gasteiger partial charge in [0, 0.05) is 59.0 Å². The molecule has 0 aromatic heterocycles. The van der Waals surface area contributed by atoms with Gasteiger partial charge in [-0.15, -0.1) is 0 Å². The lowest BCUT2D eigenvalue weighted by Crippen LogP contribution is -2.36. The molecule has 14 nitrogen and oxygen atoms in total. The minimum atomic E-state index is -1.93. The van der Waals surface area contributed by atoms with Crippen LogP contribution in [0.3, 0.4) is 0 Å². The van der Waals surface area contributed by atoms with Crippen molar-refractivity contribution in [1.29, 1.82) is 0 Å². The first kappa shape index (κ1) is 42.7. The maximum absolute atomic E-state index is 14.7. The van der Waals surface area contributed by atoms with E-state index < -0.39 is 46.4 Å². The number of carbonyl (C=O) groups excluding carboxylic acids is 4. The van der Waals surface area contributed by atoms with Crippen LogP contribution in [0.1, 0.15) is 55.0 Å². The van der Waals surface area contributed by atoms with E-state index in [-0.39, 0.29) is 109 Å². The molecule has 5 aromatic rings. The van der Waals surface area contributed by atoms with Crippen molar-refractivity contribution in [2.45, 2.75) is 12.0 Å². The third kappa shape index (κ3) is 8.37. The second kappa shape index (κ2) is 17.8. The first-order valence-corrected chi connectivity index (χ1v) is 19.9. The molecule has 3 heterocycles. The highest BCUT2D eigenvalue weighted by Crippen LogP contribution is 2.57. The number of hydrogen-bond donors (Lipinski definition) is 4. The van der Waals surface area contributed by atoms with Gasteiger partial charge >= 0.3 is 5.97 Å². The molecule has 5 aromatic carbocycles. The summed E-state index contributed by atoms with van der Waals surface area (Å²) < 4.78 is 66.7. The maximum Gasteiger partial charge on any atom is 0.340 e. The molecule has 324 valence electrons. The average molecular weight is 885 g/mol. The predicted octanol–water partition coefficient (Wildman–Crippen LogP) is 5.89. The highest BCUT2D eigenvalue weighted by Gasteiger charge is 2.54. The zero-order valence-corrected chi connectivity index (χ0v) is 33.8. The average Bonchev–Trinajstić information content (AvgIpc) is 3.47. The van der Waals surface area contributed by atoms with Crippen LogP contribution in [0.15, 0.2) is 89.9 Å². The van der Waals surface area contributed by atoms with Gasteiger partial charge in [-0.2, -0.15) is 0 Å². The number of phenolic OH excluding ortho intramolecular Hbond substituents is 2. The van der Waals surface area contributed by atoms with E-state index in [0.29, 0.717) is 28.4 Å². The molecule has 8 rings (SSSR count). The van der Waals surface area contributed by atoms with Crippen LogP contribution >= 0.6 is 11.6 Å². The molecule has 0 atom stereocenters. The number of halogens is 4. The Bertz CT molecular complexity index is 2660. The van der Waals surface area contributed by atoms with Crippen molar-refractivity contribution in [1.82, 2.24) is 10.6 Å². The summed E-state index contributed by atoms with van der Waals surface area (Å²) in [5.41, 5.74) is -0.238. The van der Waals surface area contributed by atoms with Crippen molar-refractivity contribution in [3.05, 3.63) is 146 Å². The fraction of sp³-hybridized carbons (Fsp3) is 0.222. The highest BCUT2D eigenvalue weighted by molar-refractivity contribution is 6.32. The number of benzene rings is 5. The molecule has 4 N–H and O–H groups in total. The van der Waals surface area contributed by atoms with E-state index >= 15 is 0 Å². The molecule has 18 heteroatoms. The number of esters is 1. The van der Waals surface area contributed by atoms with Crippen LogP contribution in [0.2, 0.25) is 5.02 Å². The van der Waals surface area contributed by atoms with Crippen LogP contribution < -0.4 is 20.3 Å². The number of rotatable bonds is 14. The third-order valence-corrected chi connectivity index (χ3v) is 10.8. The Balaban J connectivity index is 0.778. The molecule has 0 fully saturated rings. The number of aromatic hydroxyl groups is 2. The lowest BCUT2D eigenvalue weighted by Gasteiger charge is -2.36. The van der Waals surface area contributed by atoms with E-state index in [1.54, 1.807) is 41.3 Å². The van der Waals surface area contributed by atoms with Crippen molar-refractivity contribution < 1.29 is 61.5 Å². The van der Waals surface area contributed by atoms with Gasteiger partial charge in [-0.05, 0) is 61.0 Å². The largest absolute Gasteiger partial charge is 0.505 e. The summed E-state index contributed by atoms with van der Waals surface area (Å²) in [5, 5.41) is 25.9. The van der Waals surface area contributed by atoms with Crippen LogP contribution in [0, 0.1) is 17.5 Å². The Morgan fingerprint density at radius 1 is 0.778 bits per heavy atom. The summed E-state index contributed by atoms with van der Waals surface area (Å²) in [5.74, 6) is -6.42. The number of phenols is 2. The quantitative estimate of drug-likeness (QED) is 0.0775. The second-order valence-corrected chi connectivity index (χ2v) is 14.9. The van der Waals surface area contributed by atoms with E-state index in [1.165, 1.54) is 24.3 Å². The van der Waals surface area contributed by atoms with Gasteiger partial charge in [-0.1, -0.05) is 29.8 Å². The molecule has 3 amide bonds. The number of ether oxygens (including phenoxy) is 4. The zero-order valence-electron chi connectivity index (χ0n) is 33.0. The first-order chi connectivity index (χ1) is 30.3. The lowest BCUT2D eigenvalue weighted by atomic mass is 9.77. The fourth-order valence-electron chi connectivity index (χ4n) is 7.63. The maximum atomic E-state index is 14.7. The van der Waals surface area contributed by atoms with E-state index in [0.717, 1.165) is 24.3 Å². The van der Waals surface area contributed by atoms with Crippen molar-refractivity contribution >= 4 is 46.7 Å². The van der Waals surface area contributed by atoms with Gasteiger partial charge in [0.1, 0.15) is 30.5 Å². The van der Waals surface area contributed by atoms with Crippen molar-refractivity contribution in [2.75, 3.05) is 57.5 Å². The SMILES string of the molecule is O=C(COCCOCCNC(=O)c1ccc2c(c1)C(=O)OC21c2cc(F)c(O)cc2Oc2cc(O)c(F)cc21)NCCCN1C(=O)CN=C(c2ccccc2F)c2cc(Cl)ccc21. The molecule has 0 saturated carbocycles. The third-order valence-electron chi connectivity index (χ3n) is 10.5. The number of amides is 3. The second-order valence-electron chi connectivity index (χ2n) is 14.5. The summed E-state index contributed by atoms with van der Waals surface area (Å²) in [6.07, 6.45) is 0.402. The number of carbonyl (C=O) groups is 4. The molecule has 1 spiro atoms. The van der Waals surface area contributed by atoms with Crippen LogP contribution in [0.25, 0.3) is 0 Å². The normalized spacial score (nSPS) is 14.4. The van der Waals surface area contributed by atoms with Crippen LogP contribution in [-0.2, 0) is 29.4 Å². The van der Waals surface area contributed by atoms with E-state index in [4.69, 9.17) is 30.5 Å². The molecular weight excluding hydrogens is 849 g/mol. The van der Waals surface area contributed by atoms with Crippen molar-refractivity contribution in [3.63, 3.8) is 0 Å². The van der Waals surface area contributed by atoms with Gasteiger partial charge in [0.15, 0.2) is 28.7 Å². The number of hydrogen-bond acceptors (Lipinski definition) is 11. The number of nitrogens with one attached hydrogen (secondary N) is 2. The smallest absolute Gasteiger partial charge is 0.340 e. The first-order valence-electron chi connectivity index (χ1n) is 19.6. The van der Waals surface area contributed by atoms with Gasteiger partial charge in [0.25, 0.3) is 5.91 Å². The van der Waals surface area contributed by atoms with Crippen LogP contribution in [-0.4, -0.2) is 92.2 Å². The molecule has 63 heavy (non-hydrogen) atoms. The Morgan fingerprint density at radius 2 is 1.49 bits per heavy atom. The molecule has 3 aliphatic rings. The number of anilines is 1. The van der Waals surface area contributed by atoms with E-state index in [9.17, 15) is 42.6 Å². The van der Waals surface area contributed by atoms with Gasteiger partial charge in [0.2, 0.25) is 11.8 Å². The minimum absolute atomic E-state index is 0.0484. The number of nitrogens with zero attached hydrogens (tertiary/aromatic N) is 2. The van der Waals surface area contributed by atoms with E-state index in [2.05, 4.69) is 15.6 Å². The van der Waals surface area contributed by atoms with Gasteiger partial charge in [0.05, 0.1) is 47.9 Å². The van der Waals surface area contributed by atoms with Crippen molar-refractivity contribution in [2.24, 2.45) is 4.99 Å². The van der Waals surface area contributed by atoms with Crippen LogP contribution in [0.5, 0.6) is 23.0 Å². The fourth-order valence-corrected chi connectivity index (χ4v) is 7.80. The molecule has 0 aliphatic carbocycles. The Labute approximate surface area is 361 Å². The van der Waals surface area contributed by atoms with Crippen molar-refractivity contribution in [3.8, 4) is 23.0 Å². The molecule has 0 bridgehead atoms. The Kier molecular flexibility index (Phi) is 12.1. The highest BCUT2D eigenvalue weighted by atomic mass is 35.5. The number of benzodiazepines with no additional fused rings is 1. The molecule has 3 aliphatic heterocycles. The monoisotopic (exact) mass is 884 g/mol. The summed E-state index contributed by atoms with van der Waals surface area (Å²) in [7, 11) is 0. The van der Waals surface area contributed by atoms with Crippen LogP contribution in [0.4, 0.5) is 18.9 Å². The number of fused-ring (bicyclic) bond motifs is 7. The van der Waals surface area contributed by atoms with Gasteiger partial charge < -0.3 is 44.7 Å². The Morgan fingerprint density at radius 3 is 2.22 bits per heavy atom. The minimum Gasteiger partial charge on any atom is -0.505 e. The standard InChI is InChI=1S/C45H36ClF3N4O10/c46-25-7-9-35-28(17-25)42(26-4-1-2-5-32(26)47)52-22-41(57)53(35)12-3-10-50-40(56)23-61-15-14-60-13-11-51-43(58)24-6-8-29-27(16-24)44(59)63-45(29)30-18-33(48)36(54)20-38(30)62-39-21-37(55)34(49)19-31(39)45/h1-2,4-9,16-21,54-55H,3,10-15,22-23H2,(H,50,56)(H,51,58). The zero-order chi connectivity index (χ0) is 44.4. The topological polar surface area (TPSA) is 185 Å². The van der Waals surface area contributed by atoms with Gasteiger partial charge in [-0.3, -0.25) is 19.4 Å². The summed E-state index contributed by atoms with van der Waals surface area (Å²) >= 11 is 6.28. The predicted molar refractivity (Wildman–Crippen MR) is 220 cm³/mol. The number of aliphatic imine (C=N–C) groups is 1. The Hall–Kier alpha value is -6.95. The van der Waals surface area contributed by atoms with E-state index in [1.807, 2.05) is 0 Å². The van der Waals surface area contributed by atoms with Gasteiger partial charge in [-0.25, -0.2) is 18.0 Å². The summed E-state index contributed by atoms with van der Waals surface area (Å²) in [6.45, 7) is 0.392. The lowest BCUT2D eigenvalue weighted by molar-refractivity contribution is -0.126.